The largest absolute Gasteiger partial charge is 0.383 e. The lowest BCUT2D eigenvalue weighted by atomic mass is 9.99. The highest BCUT2D eigenvalue weighted by Gasteiger charge is 2.34. The molecule has 1 aromatic rings. The summed E-state index contributed by atoms with van der Waals surface area (Å²) in [4.78, 5) is 0. The third-order valence-corrected chi connectivity index (χ3v) is 5.76. The molecule has 124 valence electrons. The van der Waals surface area contributed by atoms with Crippen LogP contribution in [-0.4, -0.2) is 40.8 Å². The molecule has 22 heavy (non-hydrogen) atoms. The number of hydrogen-bond donors (Lipinski definition) is 2. The first kappa shape index (κ1) is 18.0. The Morgan fingerprint density at radius 1 is 1.36 bits per heavy atom. The number of benzene rings is 1. The average Bonchev–Trinajstić information content (AvgIpc) is 2.90. The normalized spacial score (nSPS) is 22.1. The van der Waals surface area contributed by atoms with Crippen LogP contribution in [0.15, 0.2) is 18.2 Å². The van der Waals surface area contributed by atoms with Gasteiger partial charge in [-0.05, 0) is 37.1 Å². The number of sulfonamides is 1. The Hall–Kier alpha value is -0.370. The van der Waals surface area contributed by atoms with Crippen molar-refractivity contribution in [2.24, 2.45) is 0 Å². The van der Waals surface area contributed by atoms with Crippen LogP contribution in [0.5, 0.6) is 0 Å². The van der Waals surface area contributed by atoms with Crippen LogP contribution in [0, 0.1) is 0 Å². The molecule has 0 bridgehead atoms. The van der Waals surface area contributed by atoms with E-state index in [1.807, 2.05) is 0 Å². The van der Waals surface area contributed by atoms with Gasteiger partial charge in [0, 0.05) is 13.7 Å². The summed E-state index contributed by atoms with van der Waals surface area (Å²) < 4.78 is 32.4. The maximum absolute atomic E-state index is 12.2. The molecule has 2 rings (SSSR count). The summed E-state index contributed by atoms with van der Waals surface area (Å²) in [5, 5.41) is 4.09. The molecule has 1 aromatic carbocycles. The first-order valence-electron chi connectivity index (χ1n) is 7.01. The fourth-order valence-corrected chi connectivity index (χ4v) is 4.16. The molecule has 1 unspecified atom stereocenters. The van der Waals surface area contributed by atoms with E-state index in [1.165, 1.54) is 0 Å². The first-order valence-corrected chi connectivity index (χ1v) is 9.42. The van der Waals surface area contributed by atoms with Crippen LogP contribution in [0.1, 0.15) is 18.4 Å². The fourth-order valence-electron chi connectivity index (χ4n) is 2.62. The minimum atomic E-state index is -3.46. The highest BCUT2D eigenvalue weighted by Crippen LogP contribution is 2.24. The van der Waals surface area contributed by atoms with Gasteiger partial charge in [0.2, 0.25) is 10.0 Å². The topological polar surface area (TPSA) is 67.4 Å². The summed E-state index contributed by atoms with van der Waals surface area (Å²) in [6.45, 7) is 1.66. The molecule has 0 aromatic heterocycles. The Kier molecular flexibility index (Phi) is 6.10. The third-order valence-electron chi connectivity index (χ3n) is 3.72. The van der Waals surface area contributed by atoms with Gasteiger partial charge in [0.15, 0.2) is 0 Å². The van der Waals surface area contributed by atoms with Gasteiger partial charge in [0.05, 0.1) is 27.9 Å². The Labute approximate surface area is 141 Å². The van der Waals surface area contributed by atoms with Crippen LogP contribution in [0.2, 0.25) is 10.0 Å². The maximum Gasteiger partial charge on any atom is 0.215 e. The fraction of sp³-hybridized carbons (Fsp3) is 0.571. The number of halogens is 2. The Morgan fingerprint density at radius 2 is 2.14 bits per heavy atom. The van der Waals surface area contributed by atoms with Crippen LogP contribution in [0.4, 0.5) is 0 Å². The van der Waals surface area contributed by atoms with Crippen LogP contribution in [0.3, 0.4) is 0 Å². The minimum Gasteiger partial charge on any atom is -0.383 e. The summed E-state index contributed by atoms with van der Waals surface area (Å²) in [7, 11) is -1.84. The lowest BCUT2D eigenvalue weighted by Gasteiger charge is -2.28. The first-order chi connectivity index (χ1) is 10.4. The van der Waals surface area contributed by atoms with Crippen LogP contribution in [-0.2, 0) is 20.5 Å². The predicted octanol–water partition coefficient (Wildman–Crippen LogP) is 2.18. The third kappa shape index (κ3) is 4.81. The summed E-state index contributed by atoms with van der Waals surface area (Å²) in [6.07, 6.45) is 1.90. The number of ether oxygens (including phenoxy) is 1. The van der Waals surface area contributed by atoms with Crippen molar-refractivity contribution >= 4 is 33.2 Å². The van der Waals surface area contributed by atoms with Crippen molar-refractivity contribution in [2.75, 3.05) is 26.8 Å². The SMILES string of the molecule is COCC1(CNS(=O)(=O)Cc2ccc(Cl)c(Cl)c2)CCCN1. The molecule has 8 heteroatoms. The van der Waals surface area contributed by atoms with Crippen molar-refractivity contribution in [3.8, 4) is 0 Å². The smallest absolute Gasteiger partial charge is 0.215 e. The van der Waals surface area contributed by atoms with Crippen LogP contribution >= 0.6 is 23.2 Å². The van der Waals surface area contributed by atoms with Gasteiger partial charge in [-0.1, -0.05) is 29.3 Å². The zero-order chi connectivity index (χ0) is 16.2. The monoisotopic (exact) mass is 366 g/mol. The lowest BCUT2D eigenvalue weighted by molar-refractivity contribution is 0.122. The van der Waals surface area contributed by atoms with Crippen molar-refractivity contribution in [1.29, 1.82) is 0 Å². The molecule has 5 nitrogen and oxygen atoms in total. The Balaban J connectivity index is 1.99. The van der Waals surface area contributed by atoms with Crippen molar-refractivity contribution < 1.29 is 13.2 Å². The summed E-state index contributed by atoms with van der Waals surface area (Å²) in [5.74, 6) is -0.132. The van der Waals surface area contributed by atoms with E-state index in [4.69, 9.17) is 27.9 Å². The van der Waals surface area contributed by atoms with Gasteiger partial charge in [-0.3, -0.25) is 0 Å². The molecular weight excluding hydrogens is 347 g/mol. The standard InChI is InChI=1S/C14H20Cl2N2O3S/c1-21-10-14(5-2-6-17-14)9-18-22(19,20)8-11-3-4-12(15)13(16)7-11/h3-4,7,17-18H,2,5-6,8-10H2,1H3. The van der Waals surface area contributed by atoms with Crippen molar-refractivity contribution in [3.63, 3.8) is 0 Å². The van der Waals surface area contributed by atoms with Crippen molar-refractivity contribution in [2.45, 2.75) is 24.1 Å². The van der Waals surface area contributed by atoms with E-state index in [0.717, 1.165) is 19.4 Å². The van der Waals surface area contributed by atoms with Gasteiger partial charge in [0.1, 0.15) is 0 Å². The summed E-state index contributed by atoms with van der Waals surface area (Å²) in [5.41, 5.74) is 0.279. The van der Waals surface area contributed by atoms with E-state index in [9.17, 15) is 8.42 Å². The molecule has 1 aliphatic rings. The molecule has 1 aliphatic heterocycles. The lowest BCUT2D eigenvalue weighted by Crippen LogP contribution is -2.53. The van der Waals surface area contributed by atoms with Crippen molar-refractivity contribution in [1.82, 2.24) is 10.0 Å². The summed E-state index contributed by atoms with van der Waals surface area (Å²) >= 11 is 11.7. The average molecular weight is 367 g/mol. The zero-order valence-corrected chi connectivity index (χ0v) is 14.7. The van der Waals surface area contributed by atoms with Gasteiger partial charge >= 0.3 is 0 Å². The van der Waals surface area contributed by atoms with Gasteiger partial charge in [-0.25, -0.2) is 13.1 Å². The second kappa shape index (κ2) is 7.47. The van der Waals surface area contributed by atoms with E-state index in [0.29, 0.717) is 28.8 Å². The van der Waals surface area contributed by atoms with Crippen LogP contribution in [0.25, 0.3) is 0 Å². The molecule has 0 aliphatic carbocycles. The van der Waals surface area contributed by atoms with E-state index < -0.39 is 10.0 Å². The van der Waals surface area contributed by atoms with Crippen LogP contribution < -0.4 is 10.0 Å². The van der Waals surface area contributed by atoms with Gasteiger partial charge in [-0.15, -0.1) is 0 Å². The molecule has 1 saturated heterocycles. The molecule has 0 saturated carbocycles. The molecule has 0 amide bonds. The number of rotatable bonds is 7. The molecule has 0 radical (unpaired) electrons. The molecule has 1 atom stereocenters. The number of methoxy groups -OCH3 is 1. The highest BCUT2D eigenvalue weighted by molar-refractivity contribution is 7.88. The van der Waals surface area contributed by atoms with Gasteiger partial charge in [0.25, 0.3) is 0 Å². The molecule has 2 N–H and O–H groups in total. The molecule has 1 heterocycles. The summed E-state index contributed by atoms with van der Waals surface area (Å²) in [6, 6.07) is 4.83. The maximum atomic E-state index is 12.2. The highest BCUT2D eigenvalue weighted by atomic mass is 35.5. The van der Waals surface area contributed by atoms with Crippen molar-refractivity contribution in [3.05, 3.63) is 33.8 Å². The van der Waals surface area contributed by atoms with E-state index in [2.05, 4.69) is 10.0 Å². The number of nitrogens with one attached hydrogen (secondary N) is 2. The van der Waals surface area contributed by atoms with E-state index in [-0.39, 0.29) is 11.3 Å². The molecule has 1 fully saturated rings. The Bertz CT molecular complexity index is 617. The molecule has 0 spiro atoms. The van der Waals surface area contributed by atoms with Gasteiger partial charge < -0.3 is 10.1 Å². The van der Waals surface area contributed by atoms with E-state index in [1.54, 1.807) is 25.3 Å². The van der Waals surface area contributed by atoms with Gasteiger partial charge in [-0.2, -0.15) is 0 Å². The Morgan fingerprint density at radius 3 is 2.73 bits per heavy atom. The second-order valence-electron chi connectivity index (χ2n) is 5.57. The second-order valence-corrected chi connectivity index (χ2v) is 8.19. The number of hydrogen-bond acceptors (Lipinski definition) is 4. The predicted molar refractivity (Wildman–Crippen MR) is 88.9 cm³/mol. The minimum absolute atomic E-state index is 0.132. The molecular formula is C14H20Cl2N2O3S. The zero-order valence-electron chi connectivity index (χ0n) is 12.4. The quantitative estimate of drug-likeness (QED) is 0.775. The van der Waals surface area contributed by atoms with E-state index >= 15 is 0 Å².